The number of nitrogens with zero attached hydrogens (tertiary/aromatic N) is 1. The fraction of sp³-hybridized carbons (Fsp3) is 0.500. The highest BCUT2D eigenvalue weighted by Gasteiger charge is 2.22. The van der Waals surface area contributed by atoms with Crippen molar-refractivity contribution in [1.82, 2.24) is 5.32 Å². The first kappa shape index (κ1) is 16.7. The molecule has 2 rings (SSSR count). The van der Waals surface area contributed by atoms with Crippen molar-refractivity contribution in [3.8, 4) is 11.8 Å². The Morgan fingerprint density at radius 3 is 2.96 bits per heavy atom. The van der Waals surface area contributed by atoms with Gasteiger partial charge in [-0.3, -0.25) is 0 Å². The highest BCUT2D eigenvalue weighted by atomic mass is 16.6. The first-order valence-corrected chi connectivity index (χ1v) is 7.48. The second-order valence-corrected chi connectivity index (χ2v) is 6.42. The lowest BCUT2D eigenvalue weighted by atomic mass is 10.1. The lowest BCUT2D eigenvalue weighted by Crippen LogP contribution is -2.38. The van der Waals surface area contributed by atoms with Gasteiger partial charge in [0.1, 0.15) is 23.6 Å². The number of anilines is 2. The van der Waals surface area contributed by atoms with E-state index in [4.69, 9.17) is 20.5 Å². The van der Waals surface area contributed by atoms with E-state index >= 15 is 0 Å². The van der Waals surface area contributed by atoms with Crippen LogP contribution in [0.5, 0.6) is 5.75 Å². The Morgan fingerprint density at radius 2 is 2.30 bits per heavy atom. The van der Waals surface area contributed by atoms with E-state index in [-0.39, 0.29) is 6.04 Å². The van der Waals surface area contributed by atoms with E-state index in [9.17, 15) is 4.79 Å². The SMILES string of the molecule is CC(C)(C)OC(=O)NCC[C@H]1COc2cc(C#N)cc(N)c2N1. The molecule has 0 unspecified atom stereocenters. The molecule has 1 aromatic rings. The molecule has 1 atom stereocenters. The average Bonchev–Trinajstić information content (AvgIpc) is 2.45. The number of ether oxygens (including phenoxy) is 2. The van der Waals surface area contributed by atoms with Crippen LogP contribution < -0.4 is 21.1 Å². The normalized spacial score (nSPS) is 16.3. The molecule has 0 radical (unpaired) electrons. The van der Waals surface area contributed by atoms with Gasteiger partial charge in [0.25, 0.3) is 0 Å². The lowest BCUT2D eigenvalue weighted by Gasteiger charge is -2.28. The maximum absolute atomic E-state index is 11.6. The third kappa shape index (κ3) is 4.68. The van der Waals surface area contributed by atoms with Gasteiger partial charge in [-0.2, -0.15) is 5.26 Å². The number of hydrogen-bond acceptors (Lipinski definition) is 6. The molecule has 0 saturated heterocycles. The molecule has 1 aliphatic rings. The number of rotatable bonds is 3. The van der Waals surface area contributed by atoms with Crippen molar-refractivity contribution in [3.63, 3.8) is 0 Å². The zero-order valence-corrected chi connectivity index (χ0v) is 13.6. The largest absolute Gasteiger partial charge is 0.489 e. The molecule has 0 aromatic heterocycles. The van der Waals surface area contributed by atoms with Crippen LogP contribution in [0.3, 0.4) is 0 Å². The highest BCUT2D eigenvalue weighted by Crippen LogP contribution is 2.35. The smallest absolute Gasteiger partial charge is 0.407 e. The molecule has 1 heterocycles. The van der Waals surface area contributed by atoms with Crippen molar-refractivity contribution in [1.29, 1.82) is 5.26 Å². The Balaban J connectivity index is 1.86. The number of nitrogens with two attached hydrogens (primary N) is 1. The van der Waals surface area contributed by atoms with Gasteiger partial charge in [-0.1, -0.05) is 0 Å². The maximum atomic E-state index is 11.6. The number of nitriles is 1. The van der Waals surface area contributed by atoms with Crippen molar-refractivity contribution in [3.05, 3.63) is 17.7 Å². The average molecular weight is 318 g/mol. The second-order valence-electron chi connectivity index (χ2n) is 6.42. The first-order chi connectivity index (χ1) is 10.8. The molecule has 7 heteroatoms. The van der Waals surface area contributed by atoms with E-state index in [1.165, 1.54) is 0 Å². The summed E-state index contributed by atoms with van der Waals surface area (Å²) >= 11 is 0. The minimum atomic E-state index is -0.512. The lowest BCUT2D eigenvalue weighted by molar-refractivity contribution is 0.0525. The van der Waals surface area contributed by atoms with Crippen molar-refractivity contribution in [2.24, 2.45) is 0 Å². The minimum absolute atomic E-state index is 0.0210. The molecule has 23 heavy (non-hydrogen) atoms. The third-order valence-electron chi connectivity index (χ3n) is 3.21. The number of carbonyl (C=O) groups is 1. The van der Waals surface area contributed by atoms with Gasteiger partial charge < -0.3 is 25.8 Å². The van der Waals surface area contributed by atoms with E-state index in [1.54, 1.807) is 12.1 Å². The predicted molar refractivity (Wildman–Crippen MR) is 87.3 cm³/mol. The van der Waals surface area contributed by atoms with Crippen LogP contribution in [0.4, 0.5) is 16.2 Å². The van der Waals surface area contributed by atoms with Gasteiger partial charge in [-0.05, 0) is 33.3 Å². The number of amides is 1. The summed E-state index contributed by atoms with van der Waals surface area (Å²) in [5.41, 5.74) is 7.06. The molecule has 1 amide bonds. The molecule has 0 spiro atoms. The fourth-order valence-corrected chi connectivity index (χ4v) is 2.22. The van der Waals surface area contributed by atoms with Crippen LogP contribution in [0.1, 0.15) is 32.8 Å². The van der Waals surface area contributed by atoms with Crippen molar-refractivity contribution >= 4 is 17.5 Å². The summed E-state index contributed by atoms with van der Waals surface area (Å²) < 4.78 is 10.8. The molecular formula is C16H22N4O3. The zero-order chi connectivity index (χ0) is 17.0. The van der Waals surface area contributed by atoms with Crippen molar-refractivity contribution in [2.75, 3.05) is 24.2 Å². The summed E-state index contributed by atoms with van der Waals surface area (Å²) in [7, 11) is 0. The van der Waals surface area contributed by atoms with Gasteiger partial charge in [0.2, 0.25) is 0 Å². The summed E-state index contributed by atoms with van der Waals surface area (Å²) in [6.45, 7) is 6.35. The quantitative estimate of drug-likeness (QED) is 0.737. The first-order valence-electron chi connectivity index (χ1n) is 7.48. The number of fused-ring (bicyclic) bond motifs is 1. The number of nitrogens with one attached hydrogen (secondary N) is 2. The Labute approximate surface area is 135 Å². The summed E-state index contributed by atoms with van der Waals surface area (Å²) in [5, 5.41) is 14.9. The second kappa shape index (κ2) is 6.65. The molecule has 0 fully saturated rings. The van der Waals surface area contributed by atoms with E-state index in [1.807, 2.05) is 26.8 Å². The van der Waals surface area contributed by atoms with Gasteiger partial charge in [0, 0.05) is 12.6 Å². The van der Waals surface area contributed by atoms with Gasteiger partial charge >= 0.3 is 6.09 Å². The van der Waals surface area contributed by atoms with E-state index in [2.05, 4.69) is 10.6 Å². The number of benzene rings is 1. The van der Waals surface area contributed by atoms with Gasteiger partial charge in [-0.15, -0.1) is 0 Å². The zero-order valence-electron chi connectivity index (χ0n) is 13.6. The van der Waals surface area contributed by atoms with Crippen LogP contribution >= 0.6 is 0 Å². The van der Waals surface area contributed by atoms with Crippen LogP contribution in [0.2, 0.25) is 0 Å². The molecule has 1 aliphatic heterocycles. The van der Waals surface area contributed by atoms with E-state index < -0.39 is 11.7 Å². The van der Waals surface area contributed by atoms with Crippen molar-refractivity contribution < 1.29 is 14.3 Å². The fourth-order valence-electron chi connectivity index (χ4n) is 2.22. The molecule has 0 bridgehead atoms. The van der Waals surface area contributed by atoms with Gasteiger partial charge in [-0.25, -0.2) is 4.79 Å². The van der Waals surface area contributed by atoms with Gasteiger partial charge in [0.05, 0.1) is 23.4 Å². The van der Waals surface area contributed by atoms with E-state index in [0.29, 0.717) is 42.3 Å². The molecular weight excluding hydrogens is 296 g/mol. The predicted octanol–water partition coefficient (Wildman–Crippen LogP) is 2.23. The number of carbonyl (C=O) groups excluding carboxylic acids is 1. The topological polar surface area (TPSA) is 109 Å². The van der Waals surface area contributed by atoms with Crippen LogP contribution in [0, 0.1) is 11.3 Å². The van der Waals surface area contributed by atoms with Crippen LogP contribution in [-0.2, 0) is 4.74 Å². The summed E-state index contributed by atoms with van der Waals surface area (Å²) in [6.07, 6.45) is 0.228. The minimum Gasteiger partial charge on any atom is -0.489 e. The number of alkyl carbamates (subject to hydrolysis) is 1. The van der Waals surface area contributed by atoms with Crippen LogP contribution in [0.25, 0.3) is 0 Å². The van der Waals surface area contributed by atoms with Crippen LogP contribution in [-0.4, -0.2) is 30.9 Å². The third-order valence-corrected chi connectivity index (χ3v) is 3.21. The molecule has 124 valence electrons. The number of nitrogen functional groups attached to an aromatic ring is 1. The highest BCUT2D eigenvalue weighted by molar-refractivity contribution is 5.76. The summed E-state index contributed by atoms with van der Waals surface area (Å²) in [4.78, 5) is 11.6. The maximum Gasteiger partial charge on any atom is 0.407 e. The Hall–Kier alpha value is -2.62. The Morgan fingerprint density at radius 1 is 1.57 bits per heavy atom. The van der Waals surface area contributed by atoms with Crippen molar-refractivity contribution in [2.45, 2.75) is 38.8 Å². The van der Waals surface area contributed by atoms with E-state index in [0.717, 1.165) is 0 Å². The summed E-state index contributed by atoms with van der Waals surface area (Å²) in [5.74, 6) is 0.581. The Kier molecular flexibility index (Phi) is 4.84. The molecule has 4 N–H and O–H groups in total. The molecule has 1 aromatic carbocycles. The Bertz CT molecular complexity index is 631. The molecule has 0 saturated carbocycles. The van der Waals surface area contributed by atoms with Crippen LogP contribution in [0.15, 0.2) is 12.1 Å². The summed E-state index contributed by atoms with van der Waals surface area (Å²) in [6, 6.07) is 5.33. The molecule has 0 aliphatic carbocycles. The molecule has 7 nitrogen and oxygen atoms in total. The standard InChI is InChI=1S/C16H22N4O3/c1-16(2,3)23-15(21)19-5-4-11-9-22-13-7-10(8-17)6-12(18)14(13)20-11/h6-7,11,20H,4-5,9,18H2,1-3H3,(H,19,21)/t11-/m0/s1. The monoisotopic (exact) mass is 318 g/mol. The van der Waals surface area contributed by atoms with Gasteiger partial charge in [0.15, 0.2) is 0 Å². The number of hydrogen-bond donors (Lipinski definition) is 3.